The lowest BCUT2D eigenvalue weighted by atomic mass is 9.93. The second-order valence-corrected chi connectivity index (χ2v) is 5.33. The Labute approximate surface area is 122 Å². The number of piperidine rings is 1. The molecule has 1 amide bonds. The quantitative estimate of drug-likeness (QED) is 0.806. The molecule has 1 atom stereocenters. The van der Waals surface area contributed by atoms with Crippen LogP contribution in [0.3, 0.4) is 0 Å². The van der Waals surface area contributed by atoms with Crippen LogP contribution in [0.25, 0.3) is 0 Å². The van der Waals surface area contributed by atoms with Crippen LogP contribution in [0.1, 0.15) is 33.8 Å². The maximum absolute atomic E-state index is 12.5. The van der Waals surface area contributed by atoms with Crippen molar-refractivity contribution in [1.82, 2.24) is 14.5 Å². The number of ketones is 1. The van der Waals surface area contributed by atoms with Crippen molar-refractivity contribution in [3.63, 3.8) is 0 Å². The van der Waals surface area contributed by atoms with Gasteiger partial charge in [0.05, 0.1) is 11.8 Å². The Hall–Kier alpha value is -2.37. The van der Waals surface area contributed by atoms with E-state index in [1.807, 2.05) is 0 Å². The molecule has 0 aromatic carbocycles. The van der Waals surface area contributed by atoms with E-state index in [0.29, 0.717) is 24.5 Å². The van der Waals surface area contributed by atoms with Crippen LogP contribution in [0.15, 0.2) is 35.4 Å². The number of carbonyl (C=O) groups is 2. The van der Waals surface area contributed by atoms with Crippen LogP contribution < -0.4 is 0 Å². The van der Waals surface area contributed by atoms with Crippen LogP contribution in [0.4, 0.5) is 0 Å². The van der Waals surface area contributed by atoms with E-state index in [1.165, 1.54) is 12.5 Å². The van der Waals surface area contributed by atoms with Gasteiger partial charge in [0.25, 0.3) is 5.91 Å². The minimum Gasteiger partial charge on any atom is -0.472 e. The molecule has 21 heavy (non-hydrogen) atoms. The third-order valence-corrected chi connectivity index (χ3v) is 3.89. The lowest BCUT2D eigenvalue weighted by Gasteiger charge is -2.31. The van der Waals surface area contributed by atoms with Crippen LogP contribution in [-0.2, 0) is 7.05 Å². The third-order valence-electron chi connectivity index (χ3n) is 3.89. The number of amides is 1. The largest absolute Gasteiger partial charge is 0.472 e. The van der Waals surface area contributed by atoms with Crippen molar-refractivity contribution >= 4 is 11.7 Å². The maximum atomic E-state index is 12.5. The van der Waals surface area contributed by atoms with Gasteiger partial charge < -0.3 is 13.9 Å². The summed E-state index contributed by atoms with van der Waals surface area (Å²) in [6, 6.07) is 1.65. The van der Waals surface area contributed by atoms with Crippen LogP contribution in [0.5, 0.6) is 0 Å². The highest BCUT2D eigenvalue weighted by molar-refractivity contribution is 5.97. The molecule has 0 saturated carbocycles. The number of furan rings is 1. The van der Waals surface area contributed by atoms with Crippen molar-refractivity contribution in [2.24, 2.45) is 13.0 Å². The van der Waals surface area contributed by atoms with Gasteiger partial charge in [-0.2, -0.15) is 0 Å². The predicted octanol–water partition coefficient (Wildman–Crippen LogP) is 1.75. The summed E-state index contributed by atoms with van der Waals surface area (Å²) in [6.45, 7) is 1.12. The van der Waals surface area contributed by atoms with Crippen LogP contribution in [-0.4, -0.2) is 39.2 Å². The number of nitrogens with zero attached hydrogens (tertiary/aromatic N) is 3. The van der Waals surface area contributed by atoms with E-state index in [4.69, 9.17) is 4.42 Å². The van der Waals surface area contributed by atoms with Crippen molar-refractivity contribution in [3.05, 3.63) is 42.4 Å². The van der Waals surface area contributed by atoms with Gasteiger partial charge in [-0.25, -0.2) is 4.98 Å². The van der Waals surface area contributed by atoms with Crippen molar-refractivity contribution < 1.29 is 14.0 Å². The fourth-order valence-electron chi connectivity index (χ4n) is 2.73. The summed E-state index contributed by atoms with van der Waals surface area (Å²) in [6.07, 6.45) is 7.90. The fraction of sp³-hybridized carbons (Fsp3) is 0.400. The van der Waals surface area contributed by atoms with Gasteiger partial charge >= 0.3 is 0 Å². The second kappa shape index (κ2) is 5.55. The van der Waals surface area contributed by atoms with E-state index in [1.54, 1.807) is 35.0 Å². The van der Waals surface area contributed by atoms with Crippen LogP contribution >= 0.6 is 0 Å². The molecule has 1 saturated heterocycles. The molecule has 1 aliphatic heterocycles. The number of imidazole rings is 1. The SMILES string of the molecule is Cn1ccnc1C(=O)[C@H]1CCCN(C(=O)c2ccoc2)C1. The molecule has 3 heterocycles. The molecule has 0 radical (unpaired) electrons. The molecular formula is C15H17N3O3. The third kappa shape index (κ3) is 2.61. The molecule has 1 fully saturated rings. The Balaban J connectivity index is 1.73. The average Bonchev–Trinajstić information content (AvgIpc) is 3.17. The van der Waals surface area contributed by atoms with Crippen molar-refractivity contribution in [1.29, 1.82) is 0 Å². The van der Waals surface area contributed by atoms with Gasteiger partial charge in [-0.3, -0.25) is 9.59 Å². The zero-order valence-corrected chi connectivity index (χ0v) is 11.9. The Morgan fingerprint density at radius 3 is 2.95 bits per heavy atom. The van der Waals surface area contributed by atoms with Gasteiger partial charge in [0.15, 0.2) is 5.82 Å². The standard InChI is InChI=1S/C15H17N3O3/c1-17-7-5-16-14(17)13(19)11-3-2-6-18(9-11)15(20)12-4-8-21-10-12/h4-5,7-8,10-11H,2-3,6,9H2,1H3/t11-/m0/s1. The number of aryl methyl sites for hydroxylation is 1. The van der Waals surface area contributed by atoms with E-state index < -0.39 is 0 Å². The van der Waals surface area contributed by atoms with Crippen molar-refractivity contribution in [3.8, 4) is 0 Å². The molecule has 3 rings (SSSR count). The predicted molar refractivity (Wildman–Crippen MR) is 74.9 cm³/mol. The first-order valence-corrected chi connectivity index (χ1v) is 7.00. The first kappa shape index (κ1) is 13.6. The first-order chi connectivity index (χ1) is 10.2. The minimum absolute atomic E-state index is 0.00666. The number of Topliss-reactive ketones (excluding diaryl/α,β-unsaturated/α-hetero) is 1. The summed E-state index contributed by atoms with van der Waals surface area (Å²) >= 11 is 0. The number of hydrogen-bond donors (Lipinski definition) is 0. The normalized spacial score (nSPS) is 18.7. The van der Waals surface area contributed by atoms with E-state index in [2.05, 4.69) is 4.98 Å². The molecule has 1 aliphatic rings. The summed E-state index contributed by atoms with van der Waals surface area (Å²) in [5.41, 5.74) is 0.528. The van der Waals surface area contributed by atoms with E-state index in [9.17, 15) is 9.59 Å². The van der Waals surface area contributed by atoms with Gasteiger partial charge in [0.1, 0.15) is 6.26 Å². The summed E-state index contributed by atoms with van der Waals surface area (Å²) in [5.74, 6) is 0.196. The fourth-order valence-corrected chi connectivity index (χ4v) is 2.73. The smallest absolute Gasteiger partial charge is 0.257 e. The van der Waals surface area contributed by atoms with Crippen molar-refractivity contribution in [2.45, 2.75) is 12.8 Å². The molecule has 0 N–H and O–H groups in total. The molecule has 0 aliphatic carbocycles. The number of hydrogen-bond acceptors (Lipinski definition) is 4. The van der Waals surface area contributed by atoms with E-state index in [-0.39, 0.29) is 17.6 Å². The van der Waals surface area contributed by atoms with Crippen LogP contribution in [0, 0.1) is 5.92 Å². The molecule has 0 unspecified atom stereocenters. The Morgan fingerprint density at radius 2 is 2.29 bits per heavy atom. The average molecular weight is 287 g/mol. The summed E-state index contributed by atoms with van der Waals surface area (Å²) in [7, 11) is 1.80. The minimum atomic E-state index is -0.185. The molecule has 6 nitrogen and oxygen atoms in total. The number of aromatic nitrogens is 2. The monoisotopic (exact) mass is 287 g/mol. The molecule has 0 spiro atoms. The highest BCUT2D eigenvalue weighted by atomic mass is 16.3. The van der Waals surface area contributed by atoms with Crippen molar-refractivity contribution in [2.75, 3.05) is 13.1 Å². The van der Waals surface area contributed by atoms with Crippen LogP contribution in [0.2, 0.25) is 0 Å². The number of rotatable bonds is 3. The van der Waals surface area contributed by atoms with E-state index >= 15 is 0 Å². The zero-order chi connectivity index (χ0) is 14.8. The molecule has 2 aromatic rings. The highest BCUT2D eigenvalue weighted by Gasteiger charge is 2.31. The molecule has 2 aromatic heterocycles. The highest BCUT2D eigenvalue weighted by Crippen LogP contribution is 2.22. The second-order valence-electron chi connectivity index (χ2n) is 5.33. The maximum Gasteiger partial charge on any atom is 0.257 e. The number of likely N-dealkylation sites (tertiary alicyclic amines) is 1. The van der Waals surface area contributed by atoms with Gasteiger partial charge in [-0.15, -0.1) is 0 Å². The van der Waals surface area contributed by atoms with Gasteiger partial charge in [-0.05, 0) is 18.9 Å². The summed E-state index contributed by atoms with van der Waals surface area (Å²) in [5, 5.41) is 0. The lowest BCUT2D eigenvalue weighted by molar-refractivity contribution is 0.0632. The Morgan fingerprint density at radius 1 is 1.43 bits per heavy atom. The lowest BCUT2D eigenvalue weighted by Crippen LogP contribution is -2.42. The molecule has 0 bridgehead atoms. The van der Waals surface area contributed by atoms with E-state index in [0.717, 1.165) is 12.8 Å². The Kier molecular flexibility index (Phi) is 3.60. The molecule has 6 heteroatoms. The first-order valence-electron chi connectivity index (χ1n) is 7.00. The summed E-state index contributed by atoms with van der Waals surface area (Å²) in [4.78, 5) is 30.6. The summed E-state index contributed by atoms with van der Waals surface area (Å²) < 4.78 is 6.67. The van der Waals surface area contributed by atoms with Gasteiger partial charge in [0.2, 0.25) is 5.78 Å². The molecular weight excluding hydrogens is 270 g/mol. The number of carbonyl (C=O) groups excluding carboxylic acids is 2. The molecule has 110 valence electrons. The van der Waals surface area contributed by atoms with Gasteiger partial charge in [-0.1, -0.05) is 0 Å². The Bertz CT molecular complexity index is 645. The zero-order valence-electron chi connectivity index (χ0n) is 11.9. The van der Waals surface area contributed by atoms with Gasteiger partial charge in [0, 0.05) is 38.4 Å². The topological polar surface area (TPSA) is 68.3 Å².